The monoisotopic (exact) mass is 303 g/mol. The Kier molecular flexibility index (Phi) is 4.11. The van der Waals surface area contributed by atoms with Crippen molar-refractivity contribution in [3.8, 4) is 28.0 Å². The minimum absolute atomic E-state index is 0.426. The number of hydrogen-bond acceptors (Lipinski definition) is 2. The van der Waals surface area contributed by atoms with Crippen molar-refractivity contribution in [3.05, 3.63) is 66.1 Å². The maximum atomic E-state index is 7.23. The summed E-state index contributed by atoms with van der Waals surface area (Å²) in [6.45, 7) is 9.85. The van der Waals surface area contributed by atoms with Crippen LogP contribution in [0.25, 0.3) is 27.1 Å². The number of benzene rings is 2. The highest BCUT2D eigenvalue weighted by molar-refractivity contribution is 5.78. The Morgan fingerprint density at radius 3 is 2.35 bits per heavy atom. The summed E-state index contributed by atoms with van der Waals surface area (Å²) in [5.41, 5.74) is 4.00. The lowest BCUT2D eigenvalue weighted by atomic mass is 10.0. The van der Waals surface area contributed by atoms with Crippen LogP contribution in [0.3, 0.4) is 0 Å². The zero-order chi connectivity index (χ0) is 16.2. The predicted octanol–water partition coefficient (Wildman–Crippen LogP) is 4.70. The minimum Gasteiger partial charge on any atom is -0.493 e. The fourth-order valence-electron chi connectivity index (χ4n) is 2.58. The van der Waals surface area contributed by atoms with Crippen LogP contribution in [0.4, 0.5) is 5.82 Å². The first-order valence-corrected chi connectivity index (χ1v) is 7.46. The second-order valence-corrected chi connectivity index (χ2v) is 5.16. The summed E-state index contributed by atoms with van der Waals surface area (Å²) in [5.74, 6) is 1.31. The molecule has 0 saturated carbocycles. The number of hydrogen-bond donors (Lipinski definition) is 0. The molecule has 0 unspecified atom stereocenters. The molecule has 23 heavy (non-hydrogen) atoms. The minimum atomic E-state index is 0.426. The zero-order valence-corrected chi connectivity index (χ0v) is 13.2. The highest BCUT2D eigenvalue weighted by Crippen LogP contribution is 2.33. The summed E-state index contributed by atoms with van der Waals surface area (Å²) in [5, 5.41) is 4.17. The maximum absolute atomic E-state index is 7.23. The molecule has 3 aromatic rings. The largest absolute Gasteiger partial charge is 0.493 e. The first kappa shape index (κ1) is 14.9. The molecule has 0 bridgehead atoms. The van der Waals surface area contributed by atoms with E-state index in [-0.39, 0.29) is 0 Å². The van der Waals surface area contributed by atoms with Gasteiger partial charge in [-0.2, -0.15) is 0 Å². The Morgan fingerprint density at radius 2 is 1.70 bits per heavy atom. The highest BCUT2D eigenvalue weighted by atomic mass is 16.5. The van der Waals surface area contributed by atoms with Crippen LogP contribution in [0.1, 0.15) is 6.92 Å². The van der Waals surface area contributed by atoms with Gasteiger partial charge >= 0.3 is 5.82 Å². The number of nitrogens with zero attached hydrogens (tertiary/aromatic N) is 3. The van der Waals surface area contributed by atoms with Gasteiger partial charge in [-0.15, -0.1) is 0 Å². The molecule has 0 fully saturated rings. The molecule has 1 aromatic heterocycles. The van der Waals surface area contributed by atoms with Gasteiger partial charge in [-0.05, 0) is 29.2 Å². The van der Waals surface area contributed by atoms with E-state index in [4.69, 9.17) is 11.3 Å². The van der Waals surface area contributed by atoms with Crippen LogP contribution in [0.2, 0.25) is 0 Å². The smallest absolute Gasteiger partial charge is 0.303 e. The normalized spacial score (nSPS) is 10.3. The van der Waals surface area contributed by atoms with Gasteiger partial charge in [0.25, 0.3) is 0 Å². The van der Waals surface area contributed by atoms with Crippen molar-refractivity contribution in [1.82, 2.24) is 9.78 Å². The highest BCUT2D eigenvalue weighted by Gasteiger charge is 2.11. The third kappa shape index (κ3) is 2.95. The second-order valence-electron chi connectivity index (χ2n) is 5.16. The first-order valence-electron chi connectivity index (χ1n) is 7.46. The Hall–Kier alpha value is -3.06. The molecule has 0 aliphatic rings. The Balaban J connectivity index is 1.99. The summed E-state index contributed by atoms with van der Waals surface area (Å²) < 4.78 is 7.36. The predicted molar refractivity (Wildman–Crippen MR) is 91.5 cm³/mol. The number of ether oxygens (including phenoxy) is 1. The third-order valence-electron chi connectivity index (χ3n) is 3.61. The second kappa shape index (κ2) is 6.37. The van der Waals surface area contributed by atoms with Crippen molar-refractivity contribution in [3.63, 3.8) is 0 Å². The van der Waals surface area contributed by atoms with Crippen molar-refractivity contribution in [2.75, 3.05) is 6.61 Å². The van der Waals surface area contributed by atoms with Crippen LogP contribution in [0.5, 0.6) is 5.75 Å². The molecule has 4 nitrogen and oxygen atoms in total. The van der Waals surface area contributed by atoms with E-state index in [0.29, 0.717) is 12.4 Å². The van der Waals surface area contributed by atoms with E-state index in [1.54, 1.807) is 4.68 Å². The van der Waals surface area contributed by atoms with Gasteiger partial charge in [-0.3, -0.25) is 0 Å². The van der Waals surface area contributed by atoms with Crippen molar-refractivity contribution in [2.45, 2.75) is 6.92 Å². The van der Waals surface area contributed by atoms with Crippen molar-refractivity contribution < 1.29 is 4.74 Å². The van der Waals surface area contributed by atoms with Crippen LogP contribution in [0.15, 0.2) is 54.7 Å². The van der Waals surface area contributed by atoms with E-state index in [2.05, 4.69) is 16.0 Å². The molecule has 3 rings (SSSR count). The molecule has 0 radical (unpaired) electrons. The Labute approximate surface area is 135 Å². The van der Waals surface area contributed by atoms with Gasteiger partial charge in [0.05, 0.1) is 6.61 Å². The third-order valence-corrected chi connectivity index (χ3v) is 3.61. The zero-order valence-electron chi connectivity index (χ0n) is 13.2. The fraction of sp³-hybridized carbons (Fsp3) is 0.158. The van der Waals surface area contributed by atoms with Gasteiger partial charge in [-0.1, -0.05) is 49.0 Å². The molecule has 4 heteroatoms. The summed E-state index contributed by atoms with van der Waals surface area (Å²) in [4.78, 5) is 3.48. The van der Waals surface area contributed by atoms with E-state index >= 15 is 0 Å². The molecule has 2 aromatic carbocycles. The lowest BCUT2D eigenvalue weighted by molar-refractivity contribution is 0.341. The first-order chi connectivity index (χ1) is 11.2. The lowest BCUT2D eigenvalue weighted by Crippen LogP contribution is -1.93. The van der Waals surface area contributed by atoms with Crippen LogP contribution >= 0.6 is 0 Å². The Bertz CT molecular complexity index is 857. The van der Waals surface area contributed by atoms with Crippen LogP contribution in [0, 0.1) is 6.57 Å². The maximum Gasteiger partial charge on any atom is 0.303 e. The standard InChI is InChI=1S/C19H17N3O/c1-4-23-18-8-6-5-7-16(18)14-9-11-15(12-10-14)17-13-22(3)21-19(17)20-2/h5-13H,4H2,1,3H3. The van der Waals surface area contributed by atoms with Crippen LogP contribution in [-0.2, 0) is 7.05 Å². The molecule has 0 N–H and O–H groups in total. The molecule has 0 atom stereocenters. The lowest BCUT2D eigenvalue weighted by Gasteiger charge is -2.10. The van der Waals surface area contributed by atoms with E-state index in [9.17, 15) is 0 Å². The van der Waals surface area contributed by atoms with Gasteiger partial charge in [0.1, 0.15) is 5.75 Å². The van der Waals surface area contributed by atoms with E-state index in [1.807, 2.05) is 62.6 Å². The van der Waals surface area contributed by atoms with Gasteiger partial charge in [0.15, 0.2) is 0 Å². The average molecular weight is 303 g/mol. The molecule has 1 heterocycles. The molecule has 0 aliphatic carbocycles. The molecule has 0 amide bonds. The molecular formula is C19H17N3O. The summed E-state index contributed by atoms with van der Waals surface area (Å²) in [7, 11) is 1.82. The van der Waals surface area contributed by atoms with Gasteiger partial charge < -0.3 is 9.58 Å². The van der Waals surface area contributed by atoms with Crippen LogP contribution in [-0.4, -0.2) is 16.4 Å². The van der Waals surface area contributed by atoms with E-state index in [1.165, 1.54) is 0 Å². The van der Waals surface area contributed by atoms with E-state index in [0.717, 1.165) is 28.0 Å². The quantitative estimate of drug-likeness (QED) is 0.654. The summed E-state index contributed by atoms with van der Waals surface area (Å²) in [6, 6.07) is 16.1. The SMILES string of the molecule is [C-]#[N+]c1nn(C)cc1-c1ccc(-c2ccccc2OCC)cc1. The molecule has 0 saturated heterocycles. The number of aryl methyl sites for hydroxylation is 1. The van der Waals surface area contributed by atoms with E-state index < -0.39 is 0 Å². The fourth-order valence-corrected chi connectivity index (χ4v) is 2.58. The molecule has 0 spiro atoms. The Morgan fingerprint density at radius 1 is 1.04 bits per heavy atom. The number of para-hydroxylation sites is 1. The van der Waals surface area contributed by atoms with Gasteiger partial charge in [0.2, 0.25) is 0 Å². The summed E-state index contributed by atoms with van der Waals surface area (Å²) >= 11 is 0. The molecule has 114 valence electrons. The molecule has 0 aliphatic heterocycles. The van der Waals surface area contributed by atoms with Gasteiger partial charge in [-0.25, -0.2) is 4.68 Å². The van der Waals surface area contributed by atoms with Crippen molar-refractivity contribution >= 4 is 5.82 Å². The van der Waals surface area contributed by atoms with Crippen molar-refractivity contribution in [1.29, 1.82) is 0 Å². The number of rotatable bonds is 4. The topological polar surface area (TPSA) is 31.4 Å². The van der Waals surface area contributed by atoms with Crippen LogP contribution < -0.4 is 4.74 Å². The van der Waals surface area contributed by atoms with Crippen molar-refractivity contribution in [2.24, 2.45) is 7.05 Å². The summed E-state index contributed by atoms with van der Waals surface area (Å²) in [6.07, 6.45) is 1.87. The average Bonchev–Trinajstić information content (AvgIpc) is 2.97. The van der Waals surface area contributed by atoms with Gasteiger partial charge in [0, 0.05) is 24.4 Å². The molecular weight excluding hydrogens is 286 g/mol. The number of aromatic nitrogens is 2.